The lowest BCUT2D eigenvalue weighted by atomic mass is 10.3. The van der Waals surface area contributed by atoms with E-state index in [-0.39, 0.29) is 6.61 Å². The first-order valence-corrected chi connectivity index (χ1v) is 5.54. The van der Waals surface area contributed by atoms with Crippen LogP contribution in [0.2, 0.25) is 0 Å². The third-order valence-electron chi connectivity index (χ3n) is 2.47. The summed E-state index contributed by atoms with van der Waals surface area (Å²) in [7, 11) is 0. The van der Waals surface area contributed by atoms with Gasteiger partial charge in [0.15, 0.2) is 0 Å². The van der Waals surface area contributed by atoms with Crippen molar-refractivity contribution < 1.29 is 5.11 Å². The Labute approximate surface area is 86.8 Å². The van der Waals surface area contributed by atoms with Gasteiger partial charge < -0.3 is 10.4 Å². The Balaban J connectivity index is 1.96. The van der Waals surface area contributed by atoms with E-state index in [1.165, 1.54) is 12.8 Å². The van der Waals surface area contributed by atoms with Crippen LogP contribution < -0.4 is 5.32 Å². The molecule has 2 N–H and O–H groups in total. The molecule has 0 aromatic rings. The average molecular weight is 198 g/mol. The fourth-order valence-corrected chi connectivity index (χ4v) is 1.51. The van der Waals surface area contributed by atoms with Crippen LogP contribution >= 0.6 is 0 Å². The smallest absolute Gasteiger partial charge is 0.0558 e. The number of rotatable bonds is 9. The van der Waals surface area contributed by atoms with Crippen molar-refractivity contribution >= 4 is 0 Å². The fourth-order valence-electron chi connectivity index (χ4n) is 1.51. The number of hydrogen-bond donors (Lipinski definition) is 2. The Morgan fingerprint density at radius 3 is 2.79 bits per heavy atom. The van der Waals surface area contributed by atoms with Crippen LogP contribution in [-0.2, 0) is 0 Å². The van der Waals surface area contributed by atoms with E-state index in [1.807, 2.05) is 6.08 Å². The molecule has 1 rings (SSSR count). The van der Waals surface area contributed by atoms with Crippen LogP contribution in [0.1, 0.15) is 19.3 Å². The Hall–Kier alpha value is -0.380. The quantitative estimate of drug-likeness (QED) is 0.421. The topological polar surface area (TPSA) is 35.5 Å². The van der Waals surface area contributed by atoms with Crippen LogP contribution in [0.25, 0.3) is 0 Å². The molecule has 0 spiro atoms. The van der Waals surface area contributed by atoms with Crippen molar-refractivity contribution in [3.05, 3.63) is 12.7 Å². The predicted molar refractivity (Wildman–Crippen MR) is 59.4 cm³/mol. The largest absolute Gasteiger partial charge is 0.395 e. The SMILES string of the molecule is C=CCN(CCO)CCCNC1CC1. The summed E-state index contributed by atoms with van der Waals surface area (Å²) < 4.78 is 0. The van der Waals surface area contributed by atoms with Gasteiger partial charge in [-0.05, 0) is 32.4 Å². The Morgan fingerprint density at radius 1 is 1.43 bits per heavy atom. The molecular weight excluding hydrogens is 176 g/mol. The molecule has 0 radical (unpaired) electrons. The van der Waals surface area contributed by atoms with E-state index in [2.05, 4.69) is 16.8 Å². The minimum atomic E-state index is 0.240. The second-order valence-electron chi connectivity index (χ2n) is 3.89. The van der Waals surface area contributed by atoms with Crippen molar-refractivity contribution in [2.45, 2.75) is 25.3 Å². The molecule has 0 amide bonds. The van der Waals surface area contributed by atoms with Gasteiger partial charge in [0.1, 0.15) is 0 Å². The monoisotopic (exact) mass is 198 g/mol. The number of aliphatic hydroxyl groups is 1. The highest BCUT2D eigenvalue weighted by molar-refractivity contribution is 4.81. The van der Waals surface area contributed by atoms with Gasteiger partial charge in [-0.25, -0.2) is 0 Å². The van der Waals surface area contributed by atoms with E-state index >= 15 is 0 Å². The van der Waals surface area contributed by atoms with Gasteiger partial charge in [0.25, 0.3) is 0 Å². The van der Waals surface area contributed by atoms with E-state index in [1.54, 1.807) is 0 Å². The second kappa shape index (κ2) is 6.98. The Bertz CT molecular complexity index is 157. The van der Waals surface area contributed by atoms with Gasteiger partial charge in [-0.2, -0.15) is 0 Å². The highest BCUT2D eigenvalue weighted by Crippen LogP contribution is 2.18. The van der Waals surface area contributed by atoms with E-state index in [0.717, 1.165) is 38.6 Å². The first-order valence-electron chi connectivity index (χ1n) is 5.54. The van der Waals surface area contributed by atoms with Gasteiger partial charge in [0.05, 0.1) is 6.61 Å². The lowest BCUT2D eigenvalue weighted by molar-refractivity contribution is 0.206. The minimum absolute atomic E-state index is 0.240. The fraction of sp³-hybridized carbons (Fsp3) is 0.818. The van der Waals surface area contributed by atoms with Crippen LogP contribution in [0.4, 0.5) is 0 Å². The maximum Gasteiger partial charge on any atom is 0.0558 e. The zero-order chi connectivity index (χ0) is 10.2. The summed E-state index contributed by atoms with van der Waals surface area (Å²) in [5.41, 5.74) is 0. The highest BCUT2D eigenvalue weighted by Gasteiger charge is 2.19. The molecule has 0 atom stereocenters. The minimum Gasteiger partial charge on any atom is -0.395 e. The first kappa shape index (κ1) is 11.7. The number of aliphatic hydroxyl groups excluding tert-OH is 1. The normalized spacial score (nSPS) is 16.1. The van der Waals surface area contributed by atoms with Gasteiger partial charge in [0, 0.05) is 19.1 Å². The maximum absolute atomic E-state index is 8.83. The van der Waals surface area contributed by atoms with Crippen molar-refractivity contribution in [3.8, 4) is 0 Å². The lowest BCUT2D eigenvalue weighted by Crippen LogP contribution is -2.30. The molecule has 0 unspecified atom stereocenters. The van der Waals surface area contributed by atoms with Crippen molar-refractivity contribution in [1.82, 2.24) is 10.2 Å². The average Bonchev–Trinajstić information content (AvgIpc) is 2.96. The molecular formula is C11H22N2O. The molecule has 0 aromatic carbocycles. The molecule has 0 heterocycles. The molecule has 1 aliphatic carbocycles. The van der Waals surface area contributed by atoms with Crippen molar-refractivity contribution in [2.75, 3.05) is 32.8 Å². The Kier molecular flexibility index (Phi) is 5.83. The Morgan fingerprint density at radius 2 is 2.21 bits per heavy atom. The summed E-state index contributed by atoms with van der Waals surface area (Å²) in [4.78, 5) is 2.22. The molecule has 14 heavy (non-hydrogen) atoms. The number of nitrogens with one attached hydrogen (secondary N) is 1. The first-order chi connectivity index (χ1) is 6.86. The van der Waals surface area contributed by atoms with Crippen LogP contribution in [0, 0.1) is 0 Å². The van der Waals surface area contributed by atoms with Crippen LogP contribution in [0.15, 0.2) is 12.7 Å². The van der Waals surface area contributed by atoms with E-state index in [4.69, 9.17) is 5.11 Å². The van der Waals surface area contributed by atoms with E-state index < -0.39 is 0 Å². The van der Waals surface area contributed by atoms with Gasteiger partial charge >= 0.3 is 0 Å². The molecule has 3 nitrogen and oxygen atoms in total. The van der Waals surface area contributed by atoms with Crippen molar-refractivity contribution in [2.24, 2.45) is 0 Å². The predicted octanol–water partition coefficient (Wildman–Crippen LogP) is 0.609. The van der Waals surface area contributed by atoms with E-state index in [9.17, 15) is 0 Å². The molecule has 1 saturated carbocycles. The van der Waals surface area contributed by atoms with Gasteiger partial charge in [-0.3, -0.25) is 4.90 Å². The third-order valence-corrected chi connectivity index (χ3v) is 2.47. The summed E-state index contributed by atoms with van der Waals surface area (Å²) in [5, 5.41) is 12.3. The van der Waals surface area contributed by atoms with Gasteiger partial charge in [-0.15, -0.1) is 6.58 Å². The molecule has 0 aliphatic heterocycles. The molecule has 3 heteroatoms. The highest BCUT2D eigenvalue weighted by atomic mass is 16.3. The summed E-state index contributed by atoms with van der Waals surface area (Å²) >= 11 is 0. The lowest BCUT2D eigenvalue weighted by Gasteiger charge is -2.19. The molecule has 0 bridgehead atoms. The molecule has 82 valence electrons. The third kappa shape index (κ3) is 5.37. The zero-order valence-electron chi connectivity index (χ0n) is 8.91. The maximum atomic E-state index is 8.83. The van der Waals surface area contributed by atoms with Crippen LogP contribution in [-0.4, -0.2) is 48.8 Å². The zero-order valence-corrected chi connectivity index (χ0v) is 8.91. The molecule has 0 aromatic heterocycles. The second-order valence-corrected chi connectivity index (χ2v) is 3.89. The number of nitrogens with zero attached hydrogens (tertiary/aromatic N) is 1. The van der Waals surface area contributed by atoms with Gasteiger partial charge in [0.2, 0.25) is 0 Å². The van der Waals surface area contributed by atoms with E-state index in [0.29, 0.717) is 0 Å². The molecule has 1 aliphatic rings. The number of hydrogen-bond acceptors (Lipinski definition) is 3. The van der Waals surface area contributed by atoms with Crippen molar-refractivity contribution in [3.63, 3.8) is 0 Å². The summed E-state index contributed by atoms with van der Waals surface area (Å²) in [6.45, 7) is 7.74. The molecule has 1 fully saturated rings. The van der Waals surface area contributed by atoms with Crippen LogP contribution in [0.3, 0.4) is 0 Å². The summed E-state index contributed by atoms with van der Waals surface area (Å²) in [5.74, 6) is 0. The standard InChI is InChI=1S/C11H22N2O/c1-2-7-13(9-10-14)8-3-6-12-11-4-5-11/h2,11-12,14H,1,3-10H2. The van der Waals surface area contributed by atoms with Crippen molar-refractivity contribution in [1.29, 1.82) is 0 Å². The molecule has 0 saturated heterocycles. The summed E-state index contributed by atoms with van der Waals surface area (Å²) in [6, 6.07) is 0.806. The summed E-state index contributed by atoms with van der Waals surface area (Å²) in [6.07, 6.45) is 5.76. The van der Waals surface area contributed by atoms with Gasteiger partial charge in [-0.1, -0.05) is 6.08 Å². The van der Waals surface area contributed by atoms with Crippen LogP contribution in [0.5, 0.6) is 0 Å².